The van der Waals surface area contributed by atoms with Gasteiger partial charge >= 0.3 is 5.97 Å². The van der Waals surface area contributed by atoms with Gasteiger partial charge in [-0.2, -0.15) is 0 Å². The topological polar surface area (TPSA) is 55.8 Å². The van der Waals surface area contributed by atoms with Gasteiger partial charge in [0.05, 0.1) is 12.7 Å². The first-order chi connectivity index (χ1) is 25.1. The summed E-state index contributed by atoms with van der Waals surface area (Å²) in [4.78, 5) is 12.4. The third-order valence-corrected chi connectivity index (χ3v) is 17.7. The second-order valence-corrected chi connectivity index (χ2v) is 21.3. The number of esters is 1. The molecule has 4 fully saturated rings. The van der Waals surface area contributed by atoms with Gasteiger partial charge in [0.1, 0.15) is 12.7 Å². The molecule has 0 bridgehead atoms. The Hall–Kier alpha value is -0.870. The molecule has 5 aliphatic rings. The number of carbonyl (C=O) groups excluding carboxylic acids is 1. The summed E-state index contributed by atoms with van der Waals surface area (Å²) in [6, 6.07) is 0. The third-order valence-electron chi connectivity index (χ3n) is 17.7. The highest BCUT2D eigenvalue weighted by atomic mass is 16.5. The minimum atomic E-state index is -0.770. The van der Waals surface area contributed by atoms with Crippen molar-refractivity contribution in [2.24, 2.45) is 56.7 Å². The number of carbonyl (C=O) groups is 1. The van der Waals surface area contributed by atoms with E-state index < -0.39 is 6.10 Å². The van der Waals surface area contributed by atoms with Crippen molar-refractivity contribution in [2.45, 2.75) is 222 Å². The fourth-order valence-corrected chi connectivity index (χ4v) is 14.0. The van der Waals surface area contributed by atoms with Gasteiger partial charge in [0.15, 0.2) is 0 Å². The Labute approximate surface area is 328 Å². The van der Waals surface area contributed by atoms with Crippen molar-refractivity contribution < 1.29 is 19.4 Å². The van der Waals surface area contributed by atoms with Crippen molar-refractivity contribution in [3.05, 3.63) is 11.6 Å². The van der Waals surface area contributed by atoms with Crippen molar-refractivity contribution in [3.8, 4) is 0 Å². The lowest BCUT2D eigenvalue weighted by atomic mass is 9.33. The summed E-state index contributed by atoms with van der Waals surface area (Å²) in [5.74, 6) is 3.47. The van der Waals surface area contributed by atoms with Crippen LogP contribution in [0.1, 0.15) is 210 Å². The van der Waals surface area contributed by atoms with Gasteiger partial charge in [-0.25, -0.2) is 0 Å². The number of ether oxygens (including phenoxy) is 2. The van der Waals surface area contributed by atoms with E-state index in [4.69, 9.17) is 9.47 Å². The van der Waals surface area contributed by atoms with Crippen LogP contribution < -0.4 is 0 Å². The van der Waals surface area contributed by atoms with Crippen molar-refractivity contribution in [1.82, 2.24) is 0 Å². The van der Waals surface area contributed by atoms with Gasteiger partial charge in [-0.05, 0) is 121 Å². The van der Waals surface area contributed by atoms with Crippen LogP contribution in [0, 0.1) is 56.7 Å². The second-order valence-electron chi connectivity index (χ2n) is 21.3. The zero-order valence-corrected chi connectivity index (χ0v) is 36.5. The van der Waals surface area contributed by atoms with Gasteiger partial charge in [0.25, 0.3) is 0 Å². The number of aliphatic hydroxyl groups is 1. The molecule has 53 heavy (non-hydrogen) atoms. The van der Waals surface area contributed by atoms with E-state index in [1.807, 2.05) is 5.57 Å². The van der Waals surface area contributed by atoms with Crippen LogP contribution in [0.3, 0.4) is 0 Å². The summed E-state index contributed by atoms with van der Waals surface area (Å²) in [5, 5.41) is 10.8. The van der Waals surface area contributed by atoms with Crippen LogP contribution in [0.2, 0.25) is 0 Å². The predicted octanol–water partition coefficient (Wildman–Crippen LogP) is 13.4. The van der Waals surface area contributed by atoms with E-state index in [1.54, 1.807) is 0 Å². The summed E-state index contributed by atoms with van der Waals surface area (Å²) >= 11 is 0. The molecule has 0 saturated heterocycles. The molecule has 0 aliphatic heterocycles. The second kappa shape index (κ2) is 18.2. The number of hydrogen-bond acceptors (Lipinski definition) is 4. The molecule has 0 heterocycles. The van der Waals surface area contributed by atoms with Crippen LogP contribution in [0.15, 0.2) is 11.6 Å². The molecule has 0 aromatic rings. The van der Waals surface area contributed by atoms with Crippen LogP contribution in [-0.2, 0) is 14.3 Å². The maximum Gasteiger partial charge on any atom is 0.305 e. The van der Waals surface area contributed by atoms with E-state index in [9.17, 15) is 9.90 Å². The molecule has 1 N–H and O–H groups in total. The molecular formula is C49H86O4. The van der Waals surface area contributed by atoms with E-state index in [0.717, 1.165) is 37.0 Å². The number of rotatable bonds is 19. The Balaban J connectivity index is 1.05. The molecule has 5 aliphatic carbocycles. The Morgan fingerprint density at radius 3 is 2.02 bits per heavy atom. The van der Waals surface area contributed by atoms with Crippen molar-refractivity contribution in [2.75, 3.05) is 13.2 Å². The highest BCUT2D eigenvalue weighted by Gasteiger charge is 2.68. The molecule has 4 heteroatoms. The zero-order chi connectivity index (χ0) is 38.5. The molecule has 4 nitrogen and oxygen atoms in total. The molecular weight excluding hydrogens is 653 g/mol. The maximum atomic E-state index is 12.4. The van der Waals surface area contributed by atoms with E-state index in [1.165, 1.54) is 122 Å². The number of aliphatic hydroxyl groups excluding tert-OH is 1. The van der Waals surface area contributed by atoms with E-state index >= 15 is 0 Å². The van der Waals surface area contributed by atoms with Crippen molar-refractivity contribution >= 4 is 5.97 Å². The van der Waals surface area contributed by atoms with Gasteiger partial charge in [0.2, 0.25) is 0 Å². The van der Waals surface area contributed by atoms with Crippen LogP contribution in [0.5, 0.6) is 0 Å². The van der Waals surface area contributed by atoms with Gasteiger partial charge in [0, 0.05) is 6.42 Å². The average molecular weight is 739 g/mol. The summed E-state index contributed by atoms with van der Waals surface area (Å²) in [6.45, 7) is 23.3. The van der Waals surface area contributed by atoms with Gasteiger partial charge < -0.3 is 14.6 Å². The molecule has 4 saturated carbocycles. The number of allylic oxidation sites excluding steroid dienone is 2. The van der Waals surface area contributed by atoms with Crippen molar-refractivity contribution in [1.29, 1.82) is 0 Å². The van der Waals surface area contributed by atoms with Crippen LogP contribution >= 0.6 is 0 Å². The standard InChI is InChI=1S/C49H86O4/c1-10-11-12-13-14-15-16-17-18-19-20-21-22-23-43(51)53-35-38(50)34-52-42-28-30-47(7)40(45(42,4)5)27-31-49(9)41(47)25-24-39-44-37(3)36(2)26-29-46(44,6)32-33-48(39,49)8/h24,36-38,40-42,44,50H,10-23,25-35H2,1-9H3. The molecule has 0 spiro atoms. The molecule has 0 amide bonds. The Morgan fingerprint density at radius 2 is 1.38 bits per heavy atom. The highest BCUT2D eigenvalue weighted by Crippen LogP contribution is 2.75. The summed E-state index contributed by atoms with van der Waals surface area (Å²) in [6.07, 6.45) is 31.0. The minimum absolute atomic E-state index is 0.0301. The predicted molar refractivity (Wildman–Crippen MR) is 222 cm³/mol. The minimum Gasteiger partial charge on any atom is -0.463 e. The molecule has 0 aromatic carbocycles. The van der Waals surface area contributed by atoms with E-state index in [0.29, 0.717) is 34.5 Å². The monoisotopic (exact) mass is 739 g/mol. The summed E-state index contributed by atoms with van der Waals surface area (Å²) in [7, 11) is 0. The Morgan fingerprint density at radius 1 is 0.755 bits per heavy atom. The van der Waals surface area contributed by atoms with Crippen LogP contribution in [-0.4, -0.2) is 36.5 Å². The third kappa shape index (κ3) is 9.00. The molecule has 5 rings (SSSR count). The maximum absolute atomic E-state index is 12.4. The van der Waals surface area contributed by atoms with Gasteiger partial charge in [-0.15, -0.1) is 0 Å². The normalized spacial score (nSPS) is 39.5. The van der Waals surface area contributed by atoms with E-state index in [2.05, 4.69) is 68.4 Å². The molecule has 11 unspecified atom stereocenters. The lowest BCUT2D eigenvalue weighted by Gasteiger charge is -2.71. The lowest BCUT2D eigenvalue weighted by molar-refractivity contribution is -0.215. The molecule has 11 atom stereocenters. The quantitative estimate of drug-likeness (QED) is 0.0814. The van der Waals surface area contributed by atoms with E-state index in [-0.39, 0.29) is 36.1 Å². The first kappa shape index (κ1) is 43.3. The largest absolute Gasteiger partial charge is 0.463 e. The molecule has 0 radical (unpaired) electrons. The lowest BCUT2D eigenvalue weighted by Crippen LogP contribution is -2.65. The van der Waals surface area contributed by atoms with Crippen LogP contribution in [0.4, 0.5) is 0 Å². The SMILES string of the molecule is CCCCCCCCCCCCCCCC(=O)OCC(O)COC1CCC2(C)C(CCC3(C)C2CC=C2C4C(C)C(C)CCC4(C)CCC23C)C1(C)C. The fraction of sp³-hybridized carbons (Fsp3) is 0.939. The number of hydrogen-bond donors (Lipinski definition) is 1. The average Bonchev–Trinajstić information content (AvgIpc) is 3.11. The zero-order valence-electron chi connectivity index (χ0n) is 36.5. The van der Waals surface area contributed by atoms with Gasteiger partial charge in [-0.1, -0.05) is 151 Å². The summed E-state index contributed by atoms with van der Waals surface area (Å²) in [5.41, 5.74) is 3.29. The smallest absolute Gasteiger partial charge is 0.305 e. The molecule has 306 valence electrons. The van der Waals surface area contributed by atoms with Crippen LogP contribution in [0.25, 0.3) is 0 Å². The van der Waals surface area contributed by atoms with Crippen molar-refractivity contribution in [3.63, 3.8) is 0 Å². The Kier molecular flexibility index (Phi) is 14.8. The first-order valence-corrected chi connectivity index (χ1v) is 23.3. The number of unbranched alkanes of at least 4 members (excludes halogenated alkanes) is 12. The van der Waals surface area contributed by atoms with Gasteiger partial charge in [-0.3, -0.25) is 4.79 Å². The molecule has 0 aromatic heterocycles. The number of fused-ring (bicyclic) bond motifs is 7. The summed E-state index contributed by atoms with van der Waals surface area (Å²) < 4.78 is 12.1. The fourth-order valence-electron chi connectivity index (χ4n) is 14.0. The Bertz CT molecular complexity index is 1210. The first-order valence-electron chi connectivity index (χ1n) is 23.3. The highest BCUT2D eigenvalue weighted by molar-refractivity contribution is 5.69.